The van der Waals surface area contributed by atoms with Crippen molar-refractivity contribution in [3.8, 4) is 5.75 Å². The maximum Gasteiger partial charge on any atom is 0.238 e. The summed E-state index contributed by atoms with van der Waals surface area (Å²) in [5.74, 6) is -3.70. The Morgan fingerprint density at radius 1 is 0.911 bits per heavy atom. The number of hydrogen-bond acceptors (Lipinski definition) is 6. The van der Waals surface area contributed by atoms with Crippen molar-refractivity contribution in [3.63, 3.8) is 0 Å². The SMILES string of the molecule is C=CCc1cccc([C@H]2C3=CC[C@@H]4C(=O)N(c5ccc(Nc6ccccc6)cc5)C(=O)[C@@H]4[C@@H]3CC3=C2C(=O)C=C(Br)C3=O)c1O. The standard InChI is InChI=1S/C37H29BrN2O5/c1-2-7-20-8-6-11-25(34(20)42)31-24-16-17-26-32(27(24)18-28-33(31)30(41)19-29(38)35(28)43)37(45)40(36(26)44)23-14-12-22(13-15-23)39-21-9-4-3-5-10-21/h2-6,8-16,19,26-27,31-32,39,42H,1,7,17-18H2/t26-,27+,31+,32-/m0/s1. The van der Waals surface area contributed by atoms with E-state index in [1.165, 1.54) is 11.0 Å². The van der Waals surface area contributed by atoms with E-state index in [1.807, 2.05) is 54.6 Å². The summed E-state index contributed by atoms with van der Waals surface area (Å²) in [6, 6.07) is 22.2. The maximum atomic E-state index is 14.2. The number of anilines is 3. The van der Waals surface area contributed by atoms with Crippen LogP contribution < -0.4 is 10.2 Å². The molecule has 0 unspecified atom stereocenters. The summed E-state index contributed by atoms with van der Waals surface area (Å²) >= 11 is 3.26. The Balaban J connectivity index is 1.27. The van der Waals surface area contributed by atoms with Crippen LogP contribution in [-0.2, 0) is 25.6 Å². The number of fused-ring (bicyclic) bond motifs is 3. The number of allylic oxidation sites excluding steroid dienone is 7. The normalized spacial score (nSPS) is 24.1. The van der Waals surface area contributed by atoms with Gasteiger partial charge in [-0.3, -0.25) is 24.1 Å². The number of aromatic hydroxyl groups is 1. The molecule has 1 heterocycles. The molecule has 3 aliphatic carbocycles. The number of ketones is 2. The van der Waals surface area contributed by atoms with Gasteiger partial charge in [-0.15, -0.1) is 6.58 Å². The summed E-state index contributed by atoms with van der Waals surface area (Å²) in [5.41, 5.74) is 4.81. The van der Waals surface area contributed by atoms with Crippen molar-refractivity contribution in [2.75, 3.05) is 10.2 Å². The van der Waals surface area contributed by atoms with Crippen LogP contribution in [0, 0.1) is 17.8 Å². The Morgan fingerprint density at radius 2 is 1.64 bits per heavy atom. The van der Waals surface area contributed by atoms with Gasteiger partial charge in [0.1, 0.15) is 5.75 Å². The smallest absolute Gasteiger partial charge is 0.238 e. The van der Waals surface area contributed by atoms with Crippen LogP contribution in [0.5, 0.6) is 5.75 Å². The van der Waals surface area contributed by atoms with Crippen LogP contribution >= 0.6 is 15.9 Å². The number of benzene rings is 3. The Bertz CT molecular complexity index is 1890. The van der Waals surface area contributed by atoms with Crippen molar-refractivity contribution in [1.29, 1.82) is 0 Å². The lowest BCUT2D eigenvalue weighted by molar-refractivity contribution is -0.123. The first-order valence-electron chi connectivity index (χ1n) is 14.9. The number of amides is 2. The summed E-state index contributed by atoms with van der Waals surface area (Å²) in [4.78, 5) is 56.3. The van der Waals surface area contributed by atoms with Crippen LogP contribution in [0.25, 0.3) is 0 Å². The van der Waals surface area contributed by atoms with E-state index >= 15 is 0 Å². The predicted octanol–water partition coefficient (Wildman–Crippen LogP) is 6.83. The highest BCUT2D eigenvalue weighted by Gasteiger charge is 2.57. The Hall–Kier alpha value is -4.82. The van der Waals surface area contributed by atoms with E-state index in [2.05, 4.69) is 27.8 Å². The van der Waals surface area contributed by atoms with Crippen molar-refractivity contribution in [2.45, 2.75) is 25.2 Å². The van der Waals surface area contributed by atoms with Crippen LogP contribution in [0.4, 0.5) is 17.1 Å². The van der Waals surface area contributed by atoms with E-state index < -0.39 is 23.7 Å². The Morgan fingerprint density at radius 3 is 2.38 bits per heavy atom. The molecule has 0 bridgehead atoms. The van der Waals surface area contributed by atoms with Gasteiger partial charge in [0.25, 0.3) is 0 Å². The third-order valence-corrected chi connectivity index (χ3v) is 9.93. The number of carbonyl (C=O) groups is 4. The van der Waals surface area contributed by atoms with Crippen molar-refractivity contribution >= 4 is 56.4 Å². The van der Waals surface area contributed by atoms with E-state index in [1.54, 1.807) is 30.3 Å². The first-order chi connectivity index (χ1) is 21.8. The molecule has 3 aromatic rings. The van der Waals surface area contributed by atoms with Gasteiger partial charge < -0.3 is 10.4 Å². The van der Waals surface area contributed by atoms with Crippen LogP contribution in [0.1, 0.15) is 29.9 Å². The molecule has 2 amide bonds. The molecule has 0 saturated carbocycles. The topological polar surface area (TPSA) is 104 Å². The lowest BCUT2D eigenvalue weighted by Gasteiger charge is -2.42. The number of nitrogens with one attached hydrogen (secondary N) is 1. The zero-order valence-electron chi connectivity index (χ0n) is 24.2. The van der Waals surface area contributed by atoms with E-state index in [-0.39, 0.29) is 40.0 Å². The van der Waals surface area contributed by atoms with Gasteiger partial charge in [-0.25, -0.2) is 0 Å². The first kappa shape index (κ1) is 28.9. The predicted molar refractivity (Wildman–Crippen MR) is 175 cm³/mol. The van der Waals surface area contributed by atoms with E-state index in [4.69, 9.17) is 0 Å². The Kier molecular flexibility index (Phi) is 7.25. The van der Waals surface area contributed by atoms with Crippen molar-refractivity contribution < 1.29 is 24.3 Å². The zero-order chi connectivity index (χ0) is 31.4. The number of carbonyl (C=O) groups excluding carboxylic acids is 4. The first-order valence-corrected chi connectivity index (χ1v) is 15.7. The molecule has 45 heavy (non-hydrogen) atoms. The molecule has 1 aliphatic heterocycles. The number of imide groups is 1. The molecule has 3 aromatic carbocycles. The number of halogens is 1. The molecular formula is C37H29BrN2O5. The summed E-state index contributed by atoms with van der Waals surface area (Å²) in [6.45, 7) is 3.79. The number of nitrogens with zero attached hydrogens (tertiary/aromatic N) is 1. The number of para-hydroxylation sites is 2. The fraction of sp³-hybridized carbons (Fsp3) is 0.189. The molecule has 1 fully saturated rings. The largest absolute Gasteiger partial charge is 0.507 e. The molecule has 0 spiro atoms. The highest BCUT2D eigenvalue weighted by Crippen LogP contribution is 2.56. The molecule has 224 valence electrons. The van der Waals surface area contributed by atoms with Gasteiger partial charge in [-0.05, 0) is 83.1 Å². The fourth-order valence-corrected chi connectivity index (χ4v) is 7.81. The second kappa shape index (κ2) is 11.3. The fourth-order valence-electron chi connectivity index (χ4n) is 7.36. The third kappa shape index (κ3) is 4.71. The number of rotatable bonds is 6. The van der Waals surface area contributed by atoms with E-state index in [0.29, 0.717) is 40.8 Å². The van der Waals surface area contributed by atoms with Gasteiger partial charge in [-0.2, -0.15) is 0 Å². The van der Waals surface area contributed by atoms with Gasteiger partial charge >= 0.3 is 0 Å². The summed E-state index contributed by atoms with van der Waals surface area (Å²) in [5, 5.41) is 14.7. The van der Waals surface area contributed by atoms with E-state index in [0.717, 1.165) is 16.9 Å². The van der Waals surface area contributed by atoms with Crippen LogP contribution in [0.15, 0.2) is 119 Å². The average Bonchev–Trinajstić information content (AvgIpc) is 3.30. The molecule has 7 rings (SSSR count). The molecular weight excluding hydrogens is 632 g/mol. The van der Waals surface area contributed by atoms with E-state index in [9.17, 15) is 24.3 Å². The van der Waals surface area contributed by atoms with Crippen LogP contribution in [0.2, 0.25) is 0 Å². The molecule has 2 N–H and O–H groups in total. The monoisotopic (exact) mass is 660 g/mol. The number of hydrogen-bond donors (Lipinski definition) is 2. The molecule has 4 atom stereocenters. The summed E-state index contributed by atoms with van der Waals surface area (Å²) in [7, 11) is 0. The minimum absolute atomic E-state index is 0.0337. The number of phenolic OH excluding ortho intramolecular Hbond substituents is 1. The molecule has 4 aliphatic rings. The lowest BCUT2D eigenvalue weighted by Crippen LogP contribution is -2.39. The maximum absolute atomic E-state index is 14.2. The minimum Gasteiger partial charge on any atom is -0.507 e. The van der Waals surface area contributed by atoms with Crippen molar-refractivity contribution in [1.82, 2.24) is 0 Å². The Labute approximate surface area is 268 Å². The molecule has 8 heteroatoms. The second-order valence-electron chi connectivity index (χ2n) is 11.8. The van der Waals surface area contributed by atoms with Gasteiger partial charge in [0.05, 0.1) is 22.0 Å². The highest BCUT2D eigenvalue weighted by atomic mass is 79.9. The molecule has 7 nitrogen and oxygen atoms in total. The summed E-state index contributed by atoms with van der Waals surface area (Å²) < 4.78 is 0.161. The summed E-state index contributed by atoms with van der Waals surface area (Å²) in [6.07, 6.45) is 5.82. The quantitative estimate of drug-likeness (QED) is 0.171. The van der Waals surface area contributed by atoms with Gasteiger partial charge in [0.2, 0.25) is 11.8 Å². The van der Waals surface area contributed by atoms with Crippen LogP contribution in [0.3, 0.4) is 0 Å². The molecule has 0 aromatic heterocycles. The van der Waals surface area contributed by atoms with Crippen molar-refractivity contribution in [2.24, 2.45) is 17.8 Å². The number of phenols is 1. The van der Waals surface area contributed by atoms with Gasteiger partial charge in [0, 0.05) is 40.1 Å². The lowest BCUT2D eigenvalue weighted by atomic mass is 9.59. The zero-order valence-corrected chi connectivity index (χ0v) is 25.8. The third-order valence-electron chi connectivity index (χ3n) is 9.35. The molecule has 1 saturated heterocycles. The van der Waals surface area contributed by atoms with Gasteiger partial charge in [-0.1, -0.05) is 54.1 Å². The number of Topliss-reactive ketones (excluding diaryl/α,β-unsaturated/α-hetero) is 1. The van der Waals surface area contributed by atoms with Crippen molar-refractivity contribution in [3.05, 3.63) is 130 Å². The molecule has 0 radical (unpaired) electrons. The highest BCUT2D eigenvalue weighted by molar-refractivity contribution is 9.12. The van der Waals surface area contributed by atoms with Gasteiger partial charge in [0.15, 0.2) is 11.6 Å². The average molecular weight is 662 g/mol. The van der Waals surface area contributed by atoms with Crippen LogP contribution in [-0.4, -0.2) is 28.5 Å². The minimum atomic E-state index is -0.724. The second-order valence-corrected chi connectivity index (χ2v) is 12.6.